The number of likely N-dealkylation sites (tertiary alicyclic amines) is 1. The lowest BCUT2D eigenvalue weighted by atomic mass is 10.00. The van der Waals surface area contributed by atoms with Gasteiger partial charge in [-0.05, 0) is 82.5 Å². The first-order valence-corrected chi connectivity index (χ1v) is 17.3. The lowest BCUT2D eigenvalue weighted by Gasteiger charge is -2.39. The van der Waals surface area contributed by atoms with E-state index in [1.165, 1.54) is 25.1 Å². The number of likely N-dealkylation sites (N-methyl/N-ethyl adjacent to an activating group) is 1. The Kier molecular flexibility index (Phi) is 10.7. The van der Waals surface area contributed by atoms with Crippen LogP contribution in [0.1, 0.15) is 64.2 Å². The third-order valence-corrected chi connectivity index (χ3v) is 10.3. The van der Waals surface area contributed by atoms with Crippen molar-refractivity contribution >= 4 is 50.0 Å². The second-order valence-electron chi connectivity index (χ2n) is 12.2. The number of hydrogen-bond acceptors (Lipinski definition) is 7. The molecule has 0 saturated carbocycles. The van der Waals surface area contributed by atoms with Gasteiger partial charge >= 0.3 is 12.3 Å². The highest BCUT2D eigenvalue weighted by atomic mass is 35.5. The summed E-state index contributed by atoms with van der Waals surface area (Å²) in [7, 11) is -3.70. The number of amides is 1. The SMILES string of the molecule is CCN(C(=O)OC(C)(C)C)C1CCCN(Cc2c(C(F)(F)F)cc3c(=O)n(Cc4cc(Cl)ccc4S(=O)(=O)CC)cnc3c2Cl)C1. The minimum Gasteiger partial charge on any atom is -0.444 e. The highest BCUT2D eigenvalue weighted by Crippen LogP contribution is 2.39. The largest absolute Gasteiger partial charge is 0.444 e. The topological polar surface area (TPSA) is 102 Å². The van der Waals surface area contributed by atoms with Gasteiger partial charge < -0.3 is 9.64 Å². The van der Waals surface area contributed by atoms with E-state index < -0.39 is 38.8 Å². The van der Waals surface area contributed by atoms with Crippen LogP contribution in [0.2, 0.25) is 10.0 Å². The molecule has 1 saturated heterocycles. The van der Waals surface area contributed by atoms with Gasteiger partial charge in [0.25, 0.3) is 5.56 Å². The van der Waals surface area contributed by atoms with Crippen LogP contribution in [0.3, 0.4) is 0 Å². The van der Waals surface area contributed by atoms with E-state index in [0.29, 0.717) is 32.5 Å². The average molecular weight is 706 g/mol. The van der Waals surface area contributed by atoms with Gasteiger partial charge in [0.2, 0.25) is 0 Å². The highest BCUT2D eigenvalue weighted by molar-refractivity contribution is 7.91. The molecule has 1 amide bonds. The van der Waals surface area contributed by atoms with Crippen LogP contribution >= 0.6 is 23.2 Å². The Morgan fingerprint density at radius 1 is 1.13 bits per heavy atom. The van der Waals surface area contributed by atoms with Crippen molar-refractivity contribution in [1.29, 1.82) is 0 Å². The summed E-state index contributed by atoms with van der Waals surface area (Å²) >= 11 is 12.7. The predicted octanol–water partition coefficient (Wildman–Crippen LogP) is 6.79. The molecule has 3 aromatic rings. The zero-order valence-corrected chi connectivity index (χ0v) is 28.6. The van der Waals surface area contributed by atoms with E-state index in [2.05, 4.69) is 4.98 Å². The standard InChI is InChI=1S/C31H37Cl2F3N4O5S/c1-6-40(29(42)45-30(3,4)5)21-9-8-12-38(16-21)17-23-24(31(34,35)36)14-22-27(26(23)33)37-18-39(28(22)41)15-19-13-20(32)10-11-25(19)46(43,44)7-2/h10-11,13-14,18,21H,6-9,12,15-17H2,1-5H3. The van der Waals surface area contributed by atoms with E-state index in [1.807, 2.05) is 6.92 Å². The van der Waals surface area contributed by atoms with Gasteiger partial charge in [-0.25, -0.2) is 18.2 Å². The summed E-state index contributed by atoms with van der Waals surface area (Å²) in [6.45, 7) is 9.26. The molecule has 1 unspecified atom stereocenters. The molecule has 252 valence electrons. The quantitative estimate of drug-likeness (QED) is 0.255. The number of carbonyl (C=O) groups is 1. The fourth-order valence-corrected chi connectivity index (χ4v) is 7.26. The Morgan fingerprint density at radius 3 is 2.43 bits per heavy atom. The molecule has 1 aromatic heterocycles. The second kappa shape index (κ2) is 13.7. The van der Waals surface area contributed by atoms with E-state index in [1.54, 1.807) is 30.6 Å². The molecule has 1 atom stereocenters. The van der Waals surface area contributed by atoms with Crippen molar-refractivity contribution in [2.24, 2.45) is 0 Å². The second-order valence-corrected chi connectivity index (χ2v) is 15.3. The number of carbonyl (C=O) groups excluding carboxylic acids is 1. The summed E-state index contributed by atoms with van der Waals surface area (Å²) in [6.07, 6.45) is -2.90. The number of piperidine rings is 1. The summed E-state index contributed by atoms with van der Waals surface area (Å²) in [5.41, 5.74) is -2.72. The maximum Gasteiger partial charge on any atom is 0.416 e. The van der Waals surface area contributed by atoms with Crippen LogP contribution in [0.25, 0.3) is 10.9 Å². The number of rotatable bonds is 8. The maximum atomic E-state index is 14.5. The fraction of sp³-hybridized carbons (Fsp3) is 0.516. The molecular formula is C31H37Cl2F3N4O5S. The fourth-order valence-electron chi connectivity index (χ4n) is 5.65. The molecule has 1 aliphatic heterocycles. The lowest BCUT2D eigenvalue weighted by Crippen LogP contribution is -2.51. The monoisotopic (exact) mass is 704 g/mol. The van der Waals surface area contributed by atoms with E-state index in [0.717, 1.165) is 17.0 Å². The summed E-state index contributed by atoms with van der Waals surface area (Å²) in [6, 6.07) is 4.62. The Hall–Kier alpha value is -2.87. The molecule has 2 aromatic carbocycles. The third-order valence-electron chi connectivity index (χ3n) is 7.81. The van der Waals surface area contributed by atoms with E-state index in [9.17, 15) is 31.2 Å². The van der Waals surface area contributed by atoms with Crippen LogP contribution in [0.4, 0.5) is 18.0 Å². The van der Waals surface area contributed by atoms with Crippen molar-refractivity contribution in [3.8, 4) is 0 Å². The van der Waals surface area contributed by atoms with Crippen LogP contribution < -0.4 is 5.56 Å². The van der Waals surface area contributed by atoms with Crippen molar-refractivity contribution in [2.45, 2.75) is 83.3 Å². The van der Waals surface area contributed by atoms with Crippen LogP contribution in [0.15, 0.2) is 40.3 Å². The molecule has 9 nitrogen and oxygen atoms in total. The molecule has 0 bridgehead atoms. The number of alkyl halides is 3. The van der Waals surface area contributed by atoms with Crippen molar-refractivity contribution < 1.29 is 31.1 Å². The molecule has 0 aliphatic carbocycles. The van der Waals surface area contributed by atoms with Crippen molar-refractivity contribution in [3.63, 3.8) is 0 Å². The number of benzene rings is 2. The van der Waals surface area contributed by atoms with Gasteiger partial charge in [-0.3, -0.25) is 14.3 Å². The Balaban J connectivity index is 1.72. The molecule has 15 heteroatoms. The first-order chi connectivity index (χ1) is 21.4. The third kappa shape index (κ3) is 7.98. The van der Waals surface area contributed by atoms with Crippen LogP contribution in [0.5, 0.6) is 0 Å². The summed E-state index contributed by atoms with van der Waals surface area (Å²) < 4.78 is 75.5. The minimum absolute atomic E-state index is 0.0381. The van der Waals surface area contributed by atoms with Gasteiger partial charge in [-0.1, -0.05) is 30.1 Å². The molecule has 0 spiro atoms. The number of sulfone groups is 1. The zero-order chi connectivity index (χ0) is 34.2. The molecular weight excluding hydrogens is 668 g/mol. The first-order valence-electron chi connectivity index (χ1n) is 14.9. The summed E-state index contributed by atoms with van der Waals surface area (Å²) in [5, 5.41) is -0.427. The smallest absolute Gasteiger partial charge is 0.416 e. The van der Waals surface area contributed by atoms with Crippen LogP contribution in [0, 0.1) is 0 Å². The van der Waals surface area contributed by atoms with Gasteiger partial charge in [-0.2, -0.15) is 13.2 Å². The lowest BCUT2D eigenvalue weighted by molar-refractivity contribution is -0.138. The summed E-state index contributed by atoms with van der Waals surface area (Å²) in [4.78, 5) is 34.0. The minimum atomic E-state index is -4.85. The van der Waals surface area contributed by atoms with E-state index in [-0.39, 0.29) is 61.9 Å². The molecule has 0 N–H and O–H groups in total. The molecule has 2 heterocycles. The maximum absolute atomic E-state index is 14.5. The Morgan fingerprint density at radius 2 is 1.83 bits per heavy atom. The van der Waals surface area contributed by atoms with E-state index in [4.69, 9.17) is 27.9 Å². The zero-order valence-electron chi connectivity index (χ0n) is 26.2. The number of aromatic nitrogens is 2. The van der Waals surface area contributed by atoms with E-state index >= 15 is 0 Å². The molecule has 0 radical (unpaired) electrons. The van der Waals surface area contributed by atoms with Crippen LogP contribution in [-0.2, 0) is 33.8 Å². The van der Waals surface area contributed by atoms with Crippen molar-refractivity contribution in [3.05, 3.63) is 67.7 Å². The number of halogens is 5. The summed E-state index contributed by atoms with van der Waals surface area (Å²) in [5.74, 6) is -0.199. The van der Waals surface area contributed by atoms with Gasteiger partial charge in [0.1, 0.15) is 5.60 Å². The van der Waals surface area contributed by atoms with Crippen LogP contribution in [-0.4, -0.2) is 70.9 Å². The van der Waals surface area contributed by atoms with Crippen molar-refractivity contribution in [1.82, 2.24) is 19.4 Å². The number of fused-ring (bicyclic) bond motifs is 1. The molecule has 1 aliphatic rings. The molecule has 4 rings (SSSR count). The Bertz CT molecular complexity index is 1790. The van der Waals surface area contributed by atoms with Gasteiger partial charge in [-0.15, -0.1) is 0 Å². The normalized spacial score (nSPS) is 16.5. The molecule has 46 heavy (non-hydrogen) atoms. The highest BCUT2D eigenvalue weighted by Gasteiger charge is 2.38. The van der Waals surface area contributed by atoms with Gasteiger partial charge in [0, 0.05) is 30.7 Å². The number of ether oxygens (including phenoxy) is 1. The Labute approximate surface area is 276 Å². The van der Waals surface area contributed by atoms with Gasteiger partial charge in [0.15, 0.2) is 9.84 Å². The van der Waals surface area contributed by atoms with Gasteiger partial charge in [0.05, 0.1) is 45.0 Å². The number of hydrogen-bond donors (Lipinski definition) is 0. The first kappa shape index (κ1) is 36.0. The molecule has 1 fully saturated rings. The predicted molar refractivity (Wildman–Crippen MR) is 171 cm³/mol. The van der Waals surface area contributed by atoms with Crippen molar-refractivity contribution in [2.75, 3.05) is 25.4 Å². The average Bonchev–Trinajstić information content (AvgIpc) is 2.95. The number of nitrogens with zero attached hydrogens (tertiary/aromatic N) is 4.